The summed E-state index contributed by atoms with van der Waals surface area (Å²) in [5.74, 6) is -0.770. The lowest BCUT2D eigenvalue weighted by Gasteiger charge is -2.27. The van der Waals surface area contributed by atoms with Crippen molar-refractivity contribution in [3.63, 3.8) is 0 Å². The third-order valence-corrected chi connectivity index (χ3v) is 5.10. The van der Waals surface area contributed by atoms with Crippen molar-refractivity contribution in [1.29, 1.82) is 0 Å². The molecule has 0 aliphatic heterocycles. The topological polar surface area (TPSA) is 133 Å². The number of pyridine rings is 1. The number of hydrogen-bond donors (Lipinski definition) is 4. The van der Waals surface area contributed by atoms with Gasteiger partial charge in [0.05, 0.1) is 23.6 Å². The highest BCUT2D eigenvalue weighted by molar-refractivity contribution is 5.99. The quantitative estimate of drug-likeness (QED) is 0.433. The number of nitrogens with one attached hydrogen (secondary N) is 2. The normalized spacial score (nSPS) is 13.3. The number of nitrogens with two attached hydrogens (primary N) is 2. The molecule has 0 spiro atoms. The summed E-state index contributed by atoms with van der Waals surface area (Å²) in [6.07, 6.45) is 0. The smallest absolute Gasteiger partial charge is 0.252 e. The van der Waals surface area contributed by atoms with Crippen LogP contribution in [-0.2, 0) is 7.05 Å². The van der Waals surface area contributed by atoms with E-state index in [1.54, 1.807) is 10.7 Å². The summed E-state index contributed by atoms with van der Waals surface area (Å²) in [5, 5.41) is 11.2. The minimum absolute atomic E-state index is 0.0106. The van der Waals surface area contributed by atoms with E-state index >= 15 is 0 Å². The van der Waals surface area contributed by atoms with Gasteiger partial charge in [-0.2, -0.15) is 0 Å². The van der Waals surface area contributed by atoms with Crippen LogP contribution in [0.3, 0.4) is 0 Å². The highest BCUT2D eigenvalue weighted by Crippen LogP contribution is 2.30. The highest BCUT2D eigenvalue weighted by atomic mass is 19.1. The van der Waals surface area contributed by atoms with Gasteiger partial charge < -0.3 is 26.8 Å². The molecule has 31 heavy (non-hydrogen) atoms. The molecule has 0 aliphatic rings. The molecule has 0 bridgehead atoms. The molecule has 0 saturated carbocycles. The lowest BCUT2D eigenvalue weighted by molar-refractivity contribution is 0.100. The maximum absolute atomic E-state index is 14.7. The van der Waals surface area contributed by atoms with E-state index in [-0.39, 0.29) is 35.2 Å². The molecule has 6 N–H and O–H groups in total. The van der Waals surface area contributed by atoms with Crippen molar-refractivity contribution in [2.45, 2.75) is 32.9 Å². The molecular formula is C21H28FN7O2. The molecule has 2 atom stereocenters. The molecular weight excluding hydrogens is 401 g/mol. The number of halogens is 1. The Bertz CT molecular complexity index is 1100. The number of methoxy groups -OCH3 is 1. The Hall–Kier alpha value is -3.40. The van der Waals surface area contributed by atoms with Crippen molar-refractivity contribution in [3.8, 4) is 5.88 Å². The van der Waals surface area contributed by atoms with Gasteiger partial charge >= 0.3 is 0 Å². The van der Waals surface area contributed by atoms with Gasteiger partial charge in [-0.25, -0.2) is 9.37 Å². The van der Waals surface area contributed by atoms with Crippen LogP contribution in [-0.4, -0.2) is 39.9 Å². The molecule has 0 radical (unpaired) electrons. The van der Waals surface area contributed by atoms with E-state index in [2.05, 4.69) is 20.7 Å². The summed E-state index contributed by atoms with van der Waals surface area (Å²) in [6, 6.07) is 6.07. The second-order valence-electron chi connectivity index (χ2n) is 7.84. The van der Waals surface area contributed by atoms with E-state index in [1.807, 2.05) is 40.0 Å². The van der Waals surface area contributed by atoms with Crippen LogP contribution >= 0.6 is 0 Å². The van der Waals surface area contributed by atoms with Crippen LogP contribution < -0.4 is 26.8 Å². The van der Waals surface area contributed by atoms with E-state index in [0.717, 1.165) is 17.0 Å². The Kier molecular flexibility index (Phi) is 6.30. The largest absolute Gasteiger partial charge is 0.479 e. The molecule has 0 aliphatic carbocycles. The summed E-state index contributed by atoms with van der Waals surface area (Å²) in [4.78, 5) is 16.2. The van der Waals surface area contributed by atoms with E-state index < -0.39 is 11.7 Å². The molecule has 3 aromatic rings. The van der Waals surface area contributed by atoms with Gasteiger partial charge in [0.15, 0.2) is 11.6 Å². The maximum atomic E-state index is 14.7. The zero-order valence-corrected chi connectivity index (χ0v) is 18.2. The molecule has 3 rings (SSSR count). The van der Waals surface area contributed by atoms with Crippen LogP contribution in [0.25, 0.3) is 10.9 Å². The van der Waals surface area contributed by atoms with Crippen LogP contribution in [0.2, 0.25) is 0 Å². The second kappa shape index (κ2) is 8.76. The number of anilines is 3. The van der Waals surface area contributed by atoms with Gasteiger partial charge in [-0.3, -0.25) is 9.48 Å². The van der Waals surface area contributed by atoms with Gasteiger partial charge in [0.25, 0.3) is 5.91 Å². The minimum atomic E-state index is -0.798. The van der Waals surface area contributed by atoms with Crippen LogP contribution in [0.5, 0.6) is 5.88 Å². The van der Waals surface area contributed by atoms with E-state index in [0.29, 0.717) is 11.6 Å². The van der Waals surface area contributed by atoms with Crippen LogP contribution in [0.1, 0.15) is 31.1 Å². The van der Waals surface area contributed by atoms with Gasteiger partial charge in [-0.1, -0.05) is 13.8 Å². The number of hydrogen-bond acceptors (Lipinski definition) is 7. The monoisotopic (exact) mass is 429 g/mol. The molecule has 10 heteroatoms. The molecule has 166 valence electrons. The number of benzene rings is 1. The molecule has 1 aromatic carbocycles. The number of rotatable bonds is 8. The van der Waals surface area contributed by atoms with Crippen LogP contribution in [0, 0.1) is 11.7 Å². The fourth-order valence-corrected chi connectivity index (χ4v) is 3.54. The number of ether oxygens (including phenoxy) is 1. The number of aromatic nitrogens is 3. The van der Waals surface area contributed by atoms with Crippen molar-refractivity contribution < 1.29 is 13.9 Å². The number of aryl methyl sites for hydroxylation is 1. The highest BCUT2D eigenvalue weighted by Gasteiger charge is 2.22. The van der Waals surface area contributed by atoms with Gasteiger partial charge in [0.2, 0.25) is 5.88 Å². The van der Waals surface area contributed by atoms with Crippen molar-refractivity contribution in [3.05, 3.63) is 35.6 Å². The number of amides is 1. The molecule has 0 fully saturated rings. The predicted molar refractivity (Wildman–Crippen MR) is 119 cm³/mol. The van der Waals surface area contributed by atoms with E-state index in [4.69, 9.17) is 16.2 Å². The molecule has 9 nitrogen and oxygen atoms in total. The maximum Gasteiger partial charge on any atom is 0.252 e. The van der Waals surface area contributed by atoms with E-state index in [1.165, 1.54) is 7.11 Å². The van der Waals surface area contributed by atoms with Gasteiger partial charge in [-0.05, 0) is 37.1 Å². The lowest BCUT2D eigenvalue weighted by atomic mass is 9.98. The zero-order valence-electron chi connectivity index (χ0n) is 18.2. The molecule has 2 aromatic heterocycles. The van der Waals surface area contributed by atoms with Crippen LogP contribution in [0.4, 0.5) is 21.7 Å². The van der Waals surface area contributed by atoms with Gasteiger partial charge in [0, 0.05) is 24.8 Å². The summed E-state index contributed by atoms with van der Waals surface area (Å²) >= 11 is 0. The first-order valence-electron chi connectivity index (χ1n) is 9.92. The van der Waals surface area contributed by atoms with Crippen molar-refractivity contribution >= 4 is 34.1 Å². The average molecular weight is 430 g/mol. The van der Waals surface area contributed by atoms with Crippen molar-refractivity contribution in [2.24, 2.45) is 24.4 Å². The Balaban J connectivity index is 2.03. The summed E-state index contributed by atoms with van der Waals surface area (Å²) in [5.41, 5.74) is 12.9. The minimum Gasteiger partial charge on any atom is -0.479 e. The predicted octanol–water partition coefficient (Wildman–Crippen LogP) is 2.74. The number of carbonyl (C=O) groups excluding carboxylic acids is 1. The summed E-state index contributed by atoms with van der Waals surface area (Å²) < 4.78 is 21.7. The number of primary amides is 1. The summed E-state index contributed by atoms with van der Waals surface area (Å²) in [7, 11) is 3.35. The zero-order chi connectivity index (χ0) is 22.9. The Labute approximate surface area is 180 Å². The number of carbonyl (C=O) groups is 1. The van der Waals surface area contributed by atoms with Crippen molar-refractivity contribution in [1.82, 2.24) is 14.8 Å². The third kappa shape index (κ3) is 4.53. The molecule has 0 unspecified atom stereocenters. The fourth-order valence-electron chi connectivity index (χ4n) is 3.54. The van der Waals surface area contributed by atoms with Crippen LogP contribution in [0.15, 0.2) is 24.3 Å². The first kappa shape index (κ1) is 22.3. The lowest BCUT2D eigenvalue weighted by Crippen LogP contribution is -2.42. The Morgan fingerprint density at radius 2 is 1.94 bits per heavy atom. The number of nitrogens with zero attached hydrogens (tertiary/aromatic N) is 3. The average Bonchev–Trinajstić information content (AvgIpc) is 3.02. The first-order chi connectivity index (χ1) is 14.6. The fraction of sp³-hybridized carbons (Fsp3) is 0.381. The molecule has 1 amide bonds. The third-order valence-electron chi connectivity index (χ3n) is 5.10. The van der Waals surface area contributed by atoms with Crippen molar-refractivity contribution in [2.75, 3.05) is 17.7 Å². The molecule has 0 saturated heterocycles. The Morgan fingerprint density at radius 1 is 1.23 bits per heavy atom. The summed E-state index contributed by atoms with van der Waals surface area (Å²) in [6.45, 7) is 5.79. The van der Waals surface area contributed by atoms with Gasteiger partial charge in [-0.15, -0.1) is 5.10 Å². The second-order valence-corrected chi connectivity index (χ2v) is 7.84. The number of fused-ring (bicyclic) bond motifs is 1. The standard InChI is InChI=1S/C21H28FN7O2/c1-10(2)17(11(3)23)26-20-15(22)9-14(18(24)30)19(27-20)25-12-6-7-16-13(8-12)21(31-5)28-29(16)4/h6-11,17H,23H2,1-5H3,(H2,24,30)(H2,25,26,27)/t11-,17+/m0/s1. The Morgan fingerprint density at radius 3 is 2.52 bits per heavy atom. The first-order valence-corrected chi connectivity index (χ1v) is 9.92. The SMILES string of the molecule is COc1nn(C)c2ccc(Nc3nc(N[C@H](C(C)C)[C@H](C)N)c(F)cc3C(N)=O)cc12. The van der Waals surface area contributed by atoms with Gasteiger partial charge in [0.1, 0.15) is 5.82 Å². The van der Waals surface area contributed by atoms with E-state index in [9.17, 15) is 9.18 Å². The molecule has 2 heterocycles.